The first-order valence-electron chi connectivity index (χ1n) is 10.2. The van der Waals surface area contributed by atoms with Crippen LogP contribution in [-0.4, -0.2) is 62.9 Å². The molecule has 7 nitrogen and oxygen atoms in total. The van der Waals surface area contributed by atoms with E-state index in [0.717, 1.165) is 18.6 Å². The number of sulfonamides is 1. The number of hydrogen-bond donors (Lipinski definition) is 0. The lowest BCUT2D eigenvalue weighted by Gasteiger charge is -2.33. The van der Waals surface area contributed by atoms with E-state index in [9.17, 15) is 17.6 Å². The van der Waals surface area contributed by atoms with Gasteiger partial charge in [-0.1, -0.05) is 11.6 Å². The van der Waals surface area contributed by atoms with Crippen LogP contribution in [0.1, 0.15) is 12.0 Å². The van der Waals surface area contributed by atoms with Gasteiger partial charge in [0.25, 0.3) is 0 Å². The van der Waals surface area contributed by atoms with Gasteiger partial charge in [0.1, 0.15) is 5.82 Å². The Hall–Kier alpha value is -2.62. The predicted octanol–water partition coefficient (Wildman–Crippen LogP) is 3.19. The highest BCUT2D eigenvalue weighted by atomic mass is 35.5. The highest BCUT2D eigenvalue weighted by Gasteiger charge is 2.29. The Morgan fingerprint density at radius 3 is 2.44 bits per heavy atom. The van der Waals surface area contributed by atoms with Gasteiger partial charge in [-0.2, -0.15) is 4.31 Å². The number of ether oxygens (including phenoxy) is 2. The molecule has 2 aliphatic rings. The first-order valence-corrected chi connectivity index (χ1v) is 12.0. The van der Waals surface area contributed by atoms with Crippen molar-refractivity contribution in [1.82, 2.24) is 9.21 Å². The van der Waals surface area contributed by atoms with Gasteiger partial charge in [-0.05, 0) is 48.0 Å². The third kappa shape index (κ3) is 4.90. The molecule has 2 aromatic carbocycles. The summed E-state index contributed by atoms with van der Waals surface area (Å²) in [6.45, 7) is 1.89. The number of halogens is 2. The van der Waals surface area contributed by atoms with Gasteiger partial charge in [0, 0.05) is 38.7 Å². The maximum atomic E-state index is 13.1. The summed E-state index contributed by atoms with van der Waals surface area (Å²) < 4.78 is 51.1. The van der Waals surface area contributed by atoms with Crippen molar-refractivity contribution in [3.8, 4) is 11.5 Å². The summed E-state index contributed by atoms with van der Waals surface area (Å²) in [5.74, 6) is 0.320. The average molecular weight is 481 g/mol. The van der Waals surface area contributed by atoms with Crippen LogP contribution >= 0.6 is 11.6 Å². The van der Waals surface area contributed by atoms with E-state index in [0.29, 0.717) is 35.3 Å². The molecule has 0 saturated carbocycles. The summed E-state index contributed by atoms with van der Waals surface area (Å²) in [6.07, 6.45) is 3.83. The van der Waals surface area contributed by atoms with Crippen LogP contribution in [0.5, 0.6) is 11.5 Å². The first-order chi connectivity index (χ1) is 15.3. The fraction of sp³-hybridized carbons (Fsp3) is 0.318. The Labute approximate surface area is 191 Å². The molecule has 4 rings (SSSR count). The number of carbonyl (C=O) groups is 1. The highest BCUT2D eigenvalue weighted by molar-refractivity contribution is 7.89. The van der Waals surface area contributed by atoms with E-state index in [1.807, 2.05) is 0 Å². The lowest BCUT2D eigenvalue weighted by molar-refractivity contribution is -0.127. The van der Waals surface area contributed by atoms with Crippen LogP contribution in [-0.2, 0) is 14.8 Å². The molecule has 32 heavy (non-hydrogen) atoms. The molecule has 0 N–H and O–H groups in total. The zero-order chi connectivity index (χ0) is 22.7. The van der Waals surface area contributed by atoms with Crippen LogP contribution in [0.4, 0.5) is 4.39 Å². The summed E-state index contributed by atoms with van der Waals surface area (Å²) >= 11 is 6.28. The largest absolute Gasteiger partial charge is 0.489 e. The summed E-state index contributed by atoms with van der Waals surface area (Å²) in [5.41, 5.74) is 0.699. The Morgan fingerprint density at radius 2 is 1.72 bits per heavy atom. The van der Waals surface area contributed by atoms with Crippen molar-refractivity contribution >= 4 is 33.6 Å². The molecule has 0 unspecified atom stereocenters. The van der Waals surface area contributed by atoms with Crippen LogP contribution in [0, 0.1) is 5.82 Å². The Balaban J connectivity index is 1.39. The smallest absolute Gasteiger partial charge is 0.246 e. The predicted molar refractivity (Wildman–Crippen MR) is 118 cm³/mol. The van der Waals surface area contributed by atoms with Crippen molar-refractivity contribution in [2.24, 2.45) is 0 Å². The van der Waals surface area contributed by atoms with Gasteiger partial charge < -0.3 is 14.4 Å². The molecule has 2 aromatic rings. The van der Waals surface area contributed by atoms with E-state index in [4.69, 9.17) is 21.1 Å². The van der Waals surface area contributed by atoms with Gasteiger partial charge in [0.05, 0.1) is 23.1 Å². The first kappa shape index (κ1) is 22.6. The monoisotopic (exact) mass is 480 g/mol. The van der Waals surface area contributed by atoms with E-state index >= 15 is 0 Å². The summed E-state index contributed by atoms with van der Waals surface area (Å²) in [5, 5.41) is 0.413. The van der Waals surface area contributed by atoms with Crippen molar-refractivity contribution in [1.29, 1.82) is 0 Å². The molecule has 0 spiro atoms. The zero-order valence-electron chi connectivity index (χ0n) is 17.2. The molecule has 2 heterocycles. The molecule has 0 aromatic heterocycles. The van der Waals surface area contributed by atoms with Crippen LogP contribution in [0.2, 0.25) is 5.02 Å². The van der Waals surface area contributed by atoms with E-state index in [1.165, 1.54) is 22.5 Å². The van der Waals surface area contributed by atoms with Gasteiger partial charge in [-0.15, -0.1) is 0 Å². The van der Waals surface area contributed by atoms with Crippen molar-refractivity contribution in [3.05, 3.63) is 58.9 Å². The SMILES string of the molecule is O=C(/C=C/c1cc(Cl)c2c(c1)OCCCO2)N1CCN(S(=O)(=O)c2ccc(F)cc2)CC1. The molecule has 0 atom stereocenters. The quantitative estimate of drug-likeness (QED) is 0.628. The Kier molecular flexibility index (Phi) is 6.68. The number of piperazine rings is 1. The summed E-state index contributed by atoms with van der Waals surface area (Å²) in [6, 6.07) is 8.18. The lowest BCUT2D eigenvalue weighted by Crippen LogP contribution is -2.50. The molecule has 10 heteroatoms. The molecule has 170 valence electrons. The molecule has 0 radical (unpaired) electrons. The molecule has 0 bridgehead atoms. The Morgan fingerprint density at radius 1 is 1.03 bits per heavy atom. The second kappa shape index (κ2) is 9.48. The topological polar surface area (TPSA) is 76.2 Å². The molecule has 1 fully saturated rings. The number of fused-ring (bicyclic) bond motifs is 1. The minimum Gasteiger partial charge on any atom is -0.489 e. The van der Waals surface area contributed by atoms with Crippen molar-refractivity contribution < 1.29 is 27.1 Å². The second-order valence-corrected chi connectivity index (χ2v) is 9.74. The third-order valence-corrected chi connectivity index (χ3v) is 7.44. The minimum atomic E-state index is -3.73. The standard InChI is InChI=1S/C22H22ClFN2O5S/c23-19-14-16(15-20-22(19)31-13-1-12-30-20)2-7-21(27)25-8-10-26(11-9-25)32(28,29)18-5-3-17(24)4-6-18/h2-7,14-15H,1,8-13H2/b7-2+. The van der Waals surface area contributed by atoms with Gasteiger partial charge >= 0.3 is 0 Å². The third-order valence-electron chi connectivity index (χ3n) is 5.24. The number of benzene rings is 2. The summed E-state index contributed by atoms with van der Waals surface area (Å²) in [7, 11) is -3.73. The van der Waals surface area contributed by atoms with E-state index in [2.05, 4.69) is 0 Å². The number of carbonyl (C=O) groups excluding carboxylic acids is 1. The van der Waals surface area contributed by atoms with Crippen molar-refractivity contribution in [2.75, 3.05) is 39.4 Å². The molecule has 1 amide bonds. The fourth-order valence-electron chi connectivity index (χ4n) is 3.52. The molecular weight excluding hydrogens is 459 g/mol. The average Bonchev–Trinajstić information content (AvgIpc) is 3.04. The maximum Gasteiger partial charge on any atom is 0.246 e. The number of hydrogen-bond acceptors (Lipinski definition) is 5. The van der Waals surface area contributed by atoms with E-state index < -0.39 is 15.8 Å². The van der Waals surface area contributed by atoms with Gasteiger partial charge in [0.15, 0.2) is 11.5 Å². The zero-order valence-corrected chi connectivity index (χ0v) is 18.7. The highest BCUT2D eigenvalue weighted by Crippen LogP contribution is 2.38. The normalized spacial score (nSPS) is 17.4. The summed E-state index contributed by atoms with van der Waals surface area (Å²) in [4.78, 5) is 14.2. The van der Waals surface area contributed by atoms with Crippen LogP contribution in [0.3, 0.4) is 0 Å². The molecule has 2 aliphatic heterocycles. The maximum absolute atomic E-state index is 13.1. The van der Waals surface area contributed by atoms with Crippen LogP contribution < -0.4 is 9.47 Å². The van der Waals surface area contributed by atoms with Crippen LogP contribution in [0.15, 0.2) is 47.4 Å². The van der Waals surface area contributed by atoms with E-state index in [1.54, 1.807) is 23.1 Å². The number of amides is 1. The Bertz CT molecular complexity index is 1130. The van der Waals surface area contributed by atoms with Crippen LogP contribution in [0.25, 0.3) is 6.08 Å². The number of nitrogens with zero attached hydrogens (tertiary/aromatic N) is 2. The number of rotatable bonds is 4. The lowest BCUT2D eigenvalue weighted by atomic mass is 10.1. The van der Waals surface area contributed by atoms with Gasteiger partial charge in [-0.25, -0.2) is 12.8 Å². The van der Waals surface area contributed by atoms with Gasteiger partial charge in [0.2, 0.25) is 15.9 Å². The van der Waals surface area contributed by atoms with Crippen molar-refractivity contribution in [2.45, 2.75) is 11.3 Å². The molecule has 1 saturated heterocycles. The van der Waals surface area contributed by atoms with Gasteiger partial charge in [-0.3, -0.25) is 4.79 Å². The van der Waals surface area contributed by atoms with E-state index in [-0.39, 0.29) is 37.0 Å². The second-order valence-electron chi connectivity index (χ2n) is 7.40. The minimum absolute atomic E-state index is 0.0323. The fourth-order valence-corrected chi connectivity index (χ4v) is 5.22. The van der Waals surface area contributed by atoms with Crippen molar-refractivity contribution in [3.63, 3.8) is 0 Å². The molecular formula is C22H22ClFN2O5S. The molecule has 0 aliphatic carbocycles.